The maximum Gasteiger partial charge on any atom is 0.213 e. The molecule has 0 aliphatic heterocycles. The van der Waals surface area contributed by atoms with Gasteiger partial charge in [0.15, 0.2) is 0 Å². The molecule has 1 heterocycles. The van der Waals surface area contributed by atoms with E-state index >= 15 is 0 Å². The summed E-state index contributed by atoms with van der Waals surface area (Å²) < 4.78 is 10.3. The molecule has 2 rings (SSSR count). The van der Waals surface area contributed by atoms with Crippen molar-refractivity contribution < 1.29 is 9.47 Å². The first kappa shape index (κ1) is 13.1. The Hall–Kier alpha value is -1.29. The van der Waals surface area contributed by atoms with Crippen molar-refractivity contribution in [2.75, 3.05) is 32.2 Å². The number of pyridine rings is 1. The Morgan fingerprint density at radius 3 is 2.78 bits per heavy atom. The average molecular weight is 250 g/mol. The molecule has 0 atom stereocenters. The second-order valence-corrected chi connectivity index (χ2v) is 4.76. The molecular formula is C14H22N2O2. The molecule has 0 spiro atoms. The summed E-state index contributed by atoms with van der Waals surface area (Å²) in [6.45, 7) is 2.19. The fraction of sp³-hybridized carbons (Fsp3) is 0.643. The molecule has 0 amide bonds. The van der Waals surface area contributed by atoms with Gasteiger partial charge < -0.3 is 14.8 Å². The van der Waals surface area contributed by atoms with Crippen molar-refractivity contribution >= 4 is 5.69 Å². The van der Waals surface area contributed by atoms with Crippen molar-refractivity contribution in [3.63, 3.8) is 0 Å². The third-order valence-corrected chi connectivity index (χ3v) is 3.34. The molecule has 0 bridgehead atoms. The van der Waals surface area contributed by atoms with Crippen molar-refractivity contribution in [3.8, 4) is 5.88 Å². The summed E-state index contributed by atoms with van der Waals surface area (Å²) in [5.41, 5.74) is 1.07. The number of hydrogen-bond acceptors (Lipinski definition) is 4. The van der Waals surface area contributed by atoms with Gasteiger partial charge in [-0.3, -0.25) is 0 Å². The number of aromatic nitrogens is 1. The Bertz CT molecular complexity index is 334. The minimum atomic E-state index is 0.540. The van der Waals surface area contributed by atoms with E-state index in [1.807, 2.05) is 18.3 Å². The molecule has 1 aliphatic rings. The molecule has 1 fully saturated rings. The average Bonchev–Trinajstić information content (AvgIpc) is 2.91. The highest BCUT2D eigenvalue weighted by Crippen LogP contribution is 2.25. The maximum absolute atomic E-state index is 5.42. The molecule has 1 saturated carbocycles. The van der Waals surface area contributed by atoms with Gasteiger partial charge in [-0.05, 0) is 24.8 Å². The van der Waals surface area contributed by atoms with Crippen molar-refractivity contribution in [1.82, 2.24) is 4.98 Å². The SMILES string of the molecule is COCCOc1ccc(NCC2CCCC2)cn1. The Morgan fingerprint density at radius 2 is 2.11 bits per heavy atom. The van der Waals surface area contributed by atoms with E-state index < -0.39 is 0 Å². The van der Waals surface area contributed by atoms with Gasteiger partial charge >= 0.3 is 0 Å². The van der Waals surface area contributed by atoms with Gasteiger partial charge in [0.1, 0.15) is 6.61 Å². The number of anilines is 1. The third-order valence-electron chi connectivity index (χ3n) is 3.34. The first-order valence-corrected chi connectivity index (χ1v) is 6.70. The van der Waals surface area contributed by atoms with Gasteiger partial charge in [0.05, 0.1) is 18.5 Å². The van der Waals surface area contributed by atoms with Crippen molar-refractivity contribution in [3.05, 3.63) is 18.3 Å². The lowest BCUT2D eigenvalue weighted by Crippen LogP contribution is -2.11. The van der Waals surface area contributed by atoms with Crippen molar-refractivity contribution in [1.29, 1.82) is 0 Å². The number of ether oxygens (including phenoxy) is 2. The number of hydrogen-bond donors (Lipinski definition) is 1. The zero-order valence-electron chi connectivity index (χ0n) is 11.0. The van der Waals surface area contributed by atoms with Gasteiger partial charge in [-0.25, -0.2) is 4.98 Å². The lowest BCUT2D eigenvalue weighted by atomic mass is 10.1. The van der Waals surface area contributed by atoms with E-state index in [0.29, 0.717) is 19.1 Å². The van der Waals surface area contributed by atoms with Gasteiger partial charge in [-0.1, -0.05) is 12.8 Å². The topological polar surface area (TPSA) is 43.4 Å². The summed E-state index contributed by atoms with van der Waals surface area (Å²) in [5, 5.41) is 3.44. The molecule has 4 nitrogen and oxygen atoms in total. The van der Waals surface area contributed by atoms with E-state index in [0.717, 1.165) is 18.2 Å². The molecule has 100 valence electrons. The summed E-state index contributed by atoms with van der Waals surface area (Å²) in [6.07, 6.45) is 7.32. The zero-order chi connectivity index (χ0) is 12.6. The normalized spacial score (nSPS) is 15.8. The molecule has 0 radical (unpaired) electrons. The smallest absolute Gasteiger partial charge is 0.213 e. The Labute approximate surface area is 109 Å². The number of nitrogens with one attached hydrogen (secondary N) is 1. The molecule has 0 saturated heterocycles. The van der Waals surface area contributed by atoms with Crippen LogP contribution in [-0.4, -0.2) is 31.9 Å². The lowest BCUT2D eigenvalue weighted by Gasteiger charge is -2.11. The molecule has 4 heteroatoms. The Morgan fingerprint density at radius 1 is 1.28 bits per heavy atom. The van der Waals surface area contributed by atoms with Gasteiger partial charge in [0, 0.05) is 19.7 Å². The summed E-state index contributed by atoms with van der Waals surface area (Å²) in [6, 6.07) is 3.91. The van der Waals surface area contributed by atoms with Crippen LogP contribution in [0.3, 0.4) is 0 Å². The summed E-state index contributed by atoms with van der Waals surface area (Å²) in [7, 11) is 1.66. The highest BCUT2D eigenvalue weighted by Gasteiger charge is 2.14. The molecule has 1 aromatic heterocycles. The molecule has 0 unspecified atom stereocenters. The quantitative estimate of drug-likeness (QED) is 0.756. The fourth-order valence-corrected chi connectivity index (χ4v) is 2.28. The number of rotatable bonds is 7. The van der Waals surface area contributed by atoms with E-state index in [4.69, 9.17) is 9.47 Å². The van der Waals surface area contributed by atoms with Crippen LogP contribution < -0.4 is 10.1 Å². The van der Waals surface area contributed by atoms with E-state index in [1.165, 1.54) is 25.7 Å². The fourth-order valence-electron chi connectivity index (χ4n) is 2.28. The second-order valence-electron chi connectivity index (χ2n) is 4.76. The predicted octanol–water partition coefficient (Wildman–Crippen LogP) is 2.71. The summed E-state index contributed by atoms with van der Waals surface area (Å²) in [5.74, 6) is 1.49. The largest absolute Gasteiger partial charge is 0.475 e. The van der Waals surface area contributed by atoms with Crippen LogP contribution in [0, 0.1) is 5.92 Å². The molecule has 18 heavy (non-hydrogen) atoms. The molecule has 1 aromatic rings. The summed E-state index contributed by atoms with van der Waals surface area (Å²) >= 11 is 0. The van der Waals surface area contributed by atoms with Crippen LogP contribution in [0.5, 0.6) is 5.88 Å². The summed E-state index contributed by atoms with van der Waals surface area (Å²) in [4.78, 5) is 4.26. The van der Waals surface area contributed by atoms with E-state index in [9.17, 15) is 0 Å². The lowest BCUT2D eigenvalue weighted by molar-refractivity contribution is 0.144. The molecule has 1 aliphatic carbocycles. The Balaban J connectivity index is 1.72. The standard InChI is InChI=1S/C14H22N2O2/c1-17-8-9-18-14-7-6-13(11-16-14)15-10-12-4-2-3-5-12/h6-7,11-12,15H,2-5,8-10H2,1H3. The van der Waals surface area contributed by atoms with Gasteiger partial charge in [-0.2, -0.15) is 0 Å². The first-order chi connectivity index (χ1) is 8.88. The first-order valence-electron chi connectivity index (χ1n) is 6.70. The number of methoxy groups -OCH3 is 1. The minimum Gasteiger partial charge on any atom is -0.475 e. The van der Waals surface area contributed by atoms with E-state index in [-0.39, 0.29) is 0 Å². The van der Waals surface area contributed by atoms with Gasteiger partial charge in [0.2, 0.25) is 5.88 Å². The van der Waals surface area contributed by atoms with E-state index in [1.54, 1.807) is 7.11 Å². The van der Waals surface area contributed by atoms with Crippen LogP contribution in [0.2, 0.25) is 0 Å². The van der Waals surface area contributed by atoms with Gasteiger partial charge in [0.25, 0.3) is 0 Å². The maximum atomic E-state index is 5.42. The number of nitrogens with zero attached hydrogens (tertiary/aromatic N) is 1. The van der Waals surface area contributed by atoms with Crippen LogP contribution in [-0.2, 0) is 4.74 Å². The van der Waals surface area contributed by atoms with Gasteiger partial charge in [-0.15, -0.1) is 0 Å². The zero-order valence-corrected chi connectivity index (χ0v) is 11.0. The van der Waals surface area contributed by atoms with E-state index in [2.05, 4.69) is 10.3 Å². The molecule has 0 aromatic carbocycles. The minimum absolute atomic E-state index is 0.540. The Kier molecular flexibility index (Phi) is 5.27. The molecular weight excluding hydrogens is 228 g/mol. The van der Waals surface area contributed by atoms with Crippen molar-refractivity contribution in [2.24, 2.45) is 5.92 Å². The monoisotopic (exact) mass is 250 g/mol. The third kappa shape index (κ3) is 4.18. The molecule has 1 N–H and O–H groups in total. The van der Waals surface area contributed by atoms with Crippen molar-refractivity contribution in [2.45, 2.75) is 25.7 Å². The predicted molar refractivity (Wildman–Crippen MR) is 72.1 cm³/mol. The van der Waals surface area contributed by atoms with Crippen LogP contribution in [0.4, 0.5) is 5.69 Å². The van der Waals surface area contributed by atoms with Crippen LogP contribution in [0.1, 0.15) is 25.7 Å². The van der Waals surface area contributed by atoms with Crippen LogP contribution in [0.25, 0.3) is 0 Å². The highest BCUT2D eigenvalue weighted by molar-refractivity contribution is 5.42. The van der Waals surface area contributed by atoms with Crippen LogP contribution >= 0.6 is 0 Å². The highest BCUT2D eigenvalue weighted by atomic mass is 16.5. The second kappa shape index (κ2) is 7.21. The van der Waals surface area contributed by atoms with Crippen LogP contribution in [0.15, 0.2) is 18.3 Å².